The number of alkyl halides is 2. The summed E-state index contributed by atoms with van der Waals surface area (Å²) in [7, 11) is 0. The van der Waals surface area contributed by atoms with Gasteiger partial charge in [-0.15, -0.1) is 0 Å². The first-order valence-electron chi connectivity index (χ1n) is 7.32. The Balaban J connectivity index is 2.26. The average Bonchev–Trinajstić information content (AvgIpc) is 2.52. The average molecular weight is 338 g/mol. The predicted octanol–water partition coefficient (Wildman–Crippen LogP) is 3.91. The van der Waals surface area contributed by atoms with Gasteiger partial charge in [-0.3, -0.25) is 4.79 Å². The van der Waals surface area contributed by atoms with Gasteiger partial charge in [-0.2, -0.15) is 0 Å². The fourth-order valence-electron chi connectivity index (χ4n) is 2.45. The van der Waals surface area contributed by atoms with Gasteiger partial charge in [0.15, 0.2) is 0 Å². The topological polar surface area (TPSA) is 57.5 Å². The lowest BCUT2D eigenvalue weighted by Gasteiger charge is -2.20. The zero-order valence-corrected chi connectivity index (χ0v) is 12.9. The molecule has 2 rings (SSSR count). The SMILES string of the molecule is CC(F)(F)c1cccc(CC(C(=O)O)C(O)c2ccc(F)cc2)c1. The van der Waals surface area contributed by atoms with Crippen LogP contribution in [0.4, 0.5) is 13.2 Å². The van der Waals surface area contributed by atoms with E-state index in [4.69, 9.17) is 0 Å². The van der Waals surface area contributed by atoms with E-state index < -0.39 is 29.7 Å². The monoisotopic (exact) mass is 338 g/mol. The fraction of sp³-hybridized carbons (Fsp3) is 0.278. The first-order chi connectivity index (χ1) is 11.2. The quantitative estimate of drug-likeness (QED) is 0.839. The summed E-state index contributed by atoms with van der Waals surface area (Å²) in [5.41, 5.74) is 0.406. The summed E-state index contributed by atoms with van der Waals surface area (Å²) in [5.74, 6) is -6.04. The van der Waals surface area contributed by atoms with E-state index in [2.05, 4.69) is 0 Å². The van der Waals surface area contributed by atoms with Crippen molar-refractivity contribution in [2.45, 2.75) is 25.4 Å². The number of aliphatic hydroxyl groups excluding tert-OH is 1. The maximum absolute atomic E-state index is 13.4. The van der Waals surface area contributed by atoms with Gasteiger partial charge in [0.2, 0.25) is 0 Å². The maximum atomic E-state index is 13.4. The van der Waals surface area contributed by atoms with Crippen LogP contribution in [0.5, 0.6) is 0 Å². The molecule has 128 valence electrons. The van der Waals surface area contributed by atoms with Crippen LogP contribution < -0.4 is 0 Å². The lowest BCUT2D eigenvalue weighted by atomic mass is 9.89. The number of carboxylic acids is 1. The van der Waals surface area contributed by atoms with Gasteiger partial charge in [-0.25, -0.2) is 13.2 Å². The minimum atomic E-state index is -3.04. The number of hydrogen-bond acceptors (Lipinski definition) is 2. The summed E-state index contributed by atoms with van der Waals surface area (Å²) in [6.07, 6.45) is -1.51. The van der Waals surface area contributed by atoms with Gasteiger partial charge in [0.25, 0.3) is 5.92 Å². The Hall–Kier alpha value is -2.34. The second-order valence-electron chi connectivity index (χ2n) is 5.73. The molecular formula is C18H17F3O3. The van der Waals surface area contributed by atoms with E-state index in [1.807, 2.05) is 0 Å². The molecule has 0 spiro atoms. The molecule has 2 atom stereocenters. The van der Waals surface area contributed by atoms with Crippen LogP contribution >= 0.6 is 0 Å². The maximum Gasteiger partial charge on any atom is 0.309 e. The van der Waals surface area contributed by atoms with Crippen LogP contribution in [0.15, 0.2) is 48.5 Å². The lowest BCUT2D eigenvalue weighted by molar-refractivity contribution is -0.145. The summed E-state index contributed by atoms with van der Waals surface area (Å²) in [6.45, 7) is 0.758. The first kappa shape index (κ1) is 18.0. The van der Waals surface area contributed by atoms with Crippen molar-refractivity contribution in [2.75, 3.05) is 0 Å². The summed E-state index contributed by atoms with van der Waals surface area (Å²) in [6, 6.07) is 10.3. The second-order valence-corrected chi connectivity index (χ2v) is 5.73. The number of carboxylic acid groups (broad SMARTS) is 1. The summed E-state index contributed by atoms with van der Waals surface area (Å²) < 4.78 is 39.7. The number of hydrogen-bond donors (Lipinski definition) is 2. The van der Waals surface area contributed by atoms with Crippen molar-refractivity contribution in [1.82, 2.24) is 0 Å². The van der Waals surface area contributed by atoms with E-state index in [1.165, 1.54) is 36.4 Å². The number of rotatable bonds is 6. The van der Waals surface area contributed by atoms with E-state index in [9.17, 15) is 28.2 Å². The molecule has 0 aromatic heterocycles. The van der Waals surface area contributed by atoms with Crippen molar-refractivity contribution < 1.29 is 28.2 Å². The molecule has 24 heavy (non-hydrogen) atoms. The smallest absolute Gasteiger partial charge is 0.309 e. The Bertz CT molecular complexity index is 708. The van der Waals surface area contributed by atoms with E-state index in [0.29, 0.717) is 5.56 Å². The number of halogens is 3. The molecule has 0 saturated carbocycles. The number of benzene rings is 2. The molecule has 2 unspecified atom stereocenters. The van der Waals surface area contributed by atoms with Gasteiger partial charge >= 0.3 is 5.97 Å². The van der Waals surface area contributed by atoms with E-state index in [1.54, 1.807) is 0 Å². The molecule has 0 aliphatic heterocycles. The third-order valence-electron chi connectivity index (χ3n) is 3.80. The second kappa shape index (κ2) is 7.05. The molecule has 0 radical (unpaired) electrons. The molecule has 0 amide bonds. The number of aliphatic carboxylic acids is 1. The van der Waals surface area contributed by atoms with E-state index >= 15 is 0 Å². The van der Waals surface area contributed by atoms with Crippen molar-refractivity contribution in [3.8, 4) is 0 Å². The van der Waals surface area contributed by atoms with Crippen LogP contribution in [0, 0.1) is 11.7 Å². The third-order valence-corrected chi connectivity index (χ3v) is 3.80. The Kier molecular flexibility index (Phi) is 5.29. The van der Waals surface area contributed by atoms with Crippen LogP contribution in [-0.4, -0.2) is 16.2 Å². The van der Waals surface area contributed by atoms with Gasteiger partial charge in [0.05, 0.1) is 12.0 Å². The molecule has 2 aromatic carbocycles. The molecule has 0 heterocycles. The van der Waals surface area contributed by atoms with Crippen LogP contribution in [0.2, 0.25) is 0 Å². The Labute approximate surface area is 137 Å². The third kappa shape index (κ3) is 4.35. The van der Waals surface area contributed by atoms with Gasteiger partial charge in [0.1, 0.15) is 5.82 Å². The molecule has 0 bridgehead atoms. The minimum Gasteiger partial charge on any atom is -0.481 e. The molecule has 2 aromatic rings. The van der Waals surface area contributed by atoms with Crippen LogP contribution in [0.1, 0.15) is 29.7 Å². The minimum absolute atomic E-state index is 0.127. The van der Waals surface area contributed by atoms with E-state index in [-0.39, 0.29) is 17.5 Å². The van der Waals surface area contributed by atoms with Crippen molar-refractivity contribution in [3.05, 3.63) is 71.0 Å². The zero-order chi connectivity index (χ0) is 17.9. The zero-order valence-electron chi connectivity index (χ0n) is 12.9. The van der Waals surface area contributed by atoms with Crippen molar-refractivity contribution in [2.24, 2.45) is 5.92 Å². The van der Waals surface area contributed by atoms with Gasteiger partial charge in [0, 0.05) is 12.5 Å². The molecule has 0 aliphatic carbocycles. The summed E-state index contributed by atoms with van der Waals surface area (Å²) in [5, 5.41) is 19.6. The standard InChI is InChI=1S/C18H17F3O3/c1-18(20,21)13-4-2-3-11(9-13)10-15(17(23)24)16(22)12-5-7-14(19)8-6-12/h2-9,15-16,22H,10H2,1H3,(H,23,24). The van der Waals surface area contributed by atoms with Gasteiger partial charge in [-0.05, 0) is 35.7 Å². The Morgan fingerprint density at radius 2 is 1.79 bits per heavy atom. The van der Waals surface area contributed by atoms with Gasteiger partial charge < -0.3 is 10.2 Å². The lowest BCUT2D eigenvalue weighted by Crippen LogP contribution is -2.24. The highest BCUT2D eigenvalue weighted by molar-refractivity contribution is 5.71. The van der Waals surface area contributed by atoms with Crippen LogP contribution in [0.25, 0.3) is 0 Å². The Morgan fingerprint density at radius 1 is 1.17 bits per heavy atom. The fourth-order valence-corrected chi connectivity index (χ4v) is 2.45. The van der Waals surface area contributed by atoms with Crippen molar-refractivity contribution in [1.29, 1.82) is 0 Å². The summed E-state index contributed by atoms with van der Waals surface area (Å²) >= 11 is 0. The van der Waals surface area contributed by atoms with Crippen LogP contribution in [-0.2, 0) is 17.1 Å². The van der Waals surface area contributed by atoms with Crippen molar-refractivity contribution >= 4 is 5.97 Å². The normalized spacial score (nSPS) is 14.2. The van der Waals surface area contributed by atoms with Gasteiger partial charge in [-0.1, -0.05) is 30.3 Å². The molecule has 0 aliphatic rings. The number of carbonyl (C=O) groups is 1. The highest BCUT2D eigenvalue weighted by atomic mass is 19.3. The predicted molar refractivity (Wildman–Crippen MR) is 82.2 cm³/mol. The highest BCUT2D eigenvalue weighted by Crippen LogP contribution is 2.30. The Morgan fingerprint density at radius 3 is 2.33 bits per heavy atom. The van der Waals surface area contributed by atoms with Crippen molar-refractivity contribution in [3.63, 3.8) is 0 Å². The van der Waals surface area contributed by atoms with E-state index in [0.717, 1.165) is 19.1 Å². The van der Waals surface area contributed by atoms with Crippen LogP contribution in [0.3, 0.4) is 0 Å². The largest absolute Gasteiger partial charge is 0.481 e. The first-order valence-corrected chi connectivity index (χ1v) is 7.32. The molecule has 3 nitrogen and oxygen atoms in total. The molecule has 2 N–H and O–H groups in total. The number of aliphatic hydroxyl groups is 1. The molecule has 0 saturated heterocycles. The molecule has 0 fully saturated rings. The summed E-state index contributed by atoms with van der Waals surface area (Å²) in [4.78, 5) is 11.5. The molecule has 6 heteroatoms. The molecular weight excluding hydrogens is 321 g/mol. The highest BCUT2D eigenvalue weighted by Gasteiger charge is 2.29.